The molecule has 0 aliphatic heterocycles. The highest BCUT2D eigenvalue weighted by Crippen LogP contribution is 2.20. The molecule has 0 unspecified atom stereocenters. The van der Waals surface area contributed by atoms with Crippen molar-refractivity contribution in [3.8, 4) is 5.75 Å². The number of amides is 1. The zero-order valence-electron chi connectivity index (χ0n) is 16.8. The number of hydrogen-bond donors (Lipinski definition) is 3. The van der Waals surface area contributed by atoms with E-state index in [2.05, 4.69) is 15.0 Å². The predicted molar refractivity (Wildman–Crippen MR) is 121 cm³/mol. The fraction of sp³-hybridized carbons (Fsp3) is 0.0952. The predicted octanol–water partition coefficient (Wildman–Crippen LogP) is 3.45. The van der Waals surface area contributed by atoms with Crippen molar-refractivity contribution in [1.29, 1.82) is 0 Å². The lowest BCUT2D eigenvalue weighted by atomic mass is 10.1. The van der Waals surface area contributed by atoms with E-state index in [0.29, 0.717) is 17.9 Å². The molecular formula is C21H19N3O6S2. The molecule has 0 atom stereocenters. The van der Waals surface area contributed by atoms with Crippen LogP contribution in [0.4, 0.5) is 10.8 Å². The van der Waals surface area contributed by atoms with E-state index in [1.165, 1.54) is 30.5 Å². The van der Waals surface area contributed by atoms with Gasteiger partial charge in [0.05, 0.1) is 11.5 Å². The maximum Gasteiger partial charge on any atom is 0.296 e. The largest absolute Gasteiger partial charge is 0.507 e. The molecule has 3 aromatic rings. The fourth-order valence-corrected chi connectivity index (χ4v) is 4.31. The molecule has 1 heterocycles. The van der Waals surface area contributed by atoms with E-state index < -0.39 is 21.7 Å². The monoisotopic (exact) mass is 473 g/mol. The smallest absolute Gasteiger partial charge is 0.296 e. The van der Waals surface area contributed by atoms with E-state index in [0.717, 1.165) is 17.4 Å². The summed E-state index contributed by atoms with van der Waals surface area (Å²) in [7, 11) is -3.83. The number of ketones is 1. The van der Waals surface area contributed by atoms with E-state index >= 15 is 0 Å². The van der Waals surface area contributed by atoms with Crippen LogP contribution in [0, 0.1) is 0 Å². The summed E-state index contributed by atoms with van der Waals surface area (Å²) in [5.41, 5.74) is 0.558. The zero-order chi connectivity index (χ0) is 23.1. The molecule has 0 bridgehead atoms. The summed E-state index contributed by atoms with van der Waals surface area (Å²) in [6, 6.07) is 11.6. The molecule has 0 radical (unpaired) electrons. The molecule has 3 rings (SSSR count). The first-order valence-corrected chi connectivity index (χ1v) is 11.7. The summed E-state index contributed by atoms with van der Waals surface area (Å²) in [5.74, 6) is -1.72. The number of thiazole rings is 1. The Labute approximate surface area is 188 Å². The second-order valence-electron chi connectivity index (χ2n) is 6.27. The minimum absolute atomic E-state index is 0.0370. The van der Waals surface area contributed by atoms with E-state index in [1.807, 2.05) is 6.92 Å². The van der Waals surface area contributed by atoms with Gasteiger partial charge in [0.25, 0.3) is 15.9 Å². The number of aliphatic hydroxyl groups is 1. The van der Waals surface area contributed by atoms with Gasteiger partial charge in [0.15, 0.2) is 5.13 Å². The molecule has 166 valence electrons. The Morgan fingerprint density at radius 3 is 2.41 bits per heavy atom. The lowest BCUT2D eigenvalue weighted by molar-refractivity contribution is -0.131. The minimum Gasteiger partial charge on any atom is -0.507 e. The van der Waals surface area contributed by atoms with Crippen molar-refractivity contribution >= 4 is 49.6 Å². The first kappa shape index (κ1) is 23.0. The van der Waals surface area contributed by atoms with Gasteiger partial charge < -0.3 is 15.2 Å². The van der Waals surface area contributed by atoms with Gasteiger partial charge in [0.2, 0.25) is 5.78 Å². The van der Waals surface area contributed by atoms with Gasteiger partial charge in [-0.25, -0.2) is 13.4 Å². The van der Waals surface area contributed by atoms with Crippen LogP contribution in [0.3, 0.4) is 0 Å². The van der Waals surface area contributed by atoms with Gasteiger partial charge in [-0.05, 0) is 55.5 Å². The SMILES string of the molecule is CCOc1ccc(/C(O)=C/C(=O)C(=O)Nc2ccc(S(=O)(=O)Nc3nccs3)cc2)cc1. The highest BCUT2D eigenvalue weighted by molar-refractivity contribution is 7.93. The second kappa shape index (κ2) is 10.1. The lowest BCUT2D eigenvalue weighted by Crippen LogP contribution is -2.21. The molecule has 32 heavy (non-hydrogen) atoms. The Balaban J connectivity index is 1.63. The highest BCUT2D eigenvalue weighted by Gasteiger charge is 2.17. The van der Waals surface area contributed by atoms with Gasteiger partial charge in [-0.1, -0.05) is 0 Å². The zero-order valence-corrected chi connectivity index (χ0v) is 18.4. The van der Waals surface area contributed by atoms with E-state index in [4.69, 9.17) is 4.74 Å². The molecule has 0 saturated carbocycles. The summed E-state index contributed by atoms with van der Waals surface area (Å²) in [4.78, 5) is 28.1. The Kier molecular flexibility index (Phi) is 7.23. The second-order valence-corrected chi connectivity index (χ2v) is 8.85. The van der Waals surface area contributed by atoms with Gasteiger partial charge in [-0.2, -0.15) is 0 Å². The molecule has 0 fully saturated rings. The Hall–Kier alpha value is -3.70. The third-order valence-corrected chi connectivity index (χ3v) is 6.20. The summed E-state index contributed by atoms with van der Waals surface area (Å²) < 4.78 is 32.3. The number of hydrogen-bond acceptors (Lipinski definition) is 8. The van der Waals surface area contributed by atoms with Crippen LogP contribution in [-0.2, 0) is 19.6 Å². The standard InChI is InChI=1S/C21H19N3O6S2/c1-2-30-16-7-3-14(4-8-16)18(25)13-19(26)20(27)23-15-5-9-17(10-6-15)32(28,29)24-21-22-11-12-31-21/h3-13,25H,2H2,1H3,(H,22,24)(H,23,27)/b18-13-. The molecule has 0 aliphatic rings. The van der Waals surface area contributed by atoms with Crippen molar-refractivity contribution in [3.63, 3.8) is 0 Å². The van der Waals surface area contributed by atoms with Crippen molar-refractivity contribution in [3.05, 3.63) is 71.7 Å². The summed E-state index contributed by atoms with van der Waals surface area (Å²) in [5, 5.41) is 14.3. The third kappa shape index (κ3) is 5.93. The number of rotatable bonds is 9. The van der Waals surface area contributed by atoms with Crippen LogP contribution in [0.25, 0.3) is 5.76 Å². The molecule has 1 aromatic heterocycles. The van der Waals surface area contributed by atoms with E-state index in [9.17, 15) is 23.1 Å². The van der Waals surface area contributed by atoms with Crippen LogP contribution in [-0.4, -0.2) is 36.8 Å². The highest BCUT2D eigenvalue weighted by atomic mass is 32.2. The first-order valence-electron chi connectivity index (χ1n) is 9.30. The van der Waals surface area contributed by atoms with Crippen molar-refractivity contribution < 1.29 is 27.9 Å². The minimum atomic E-state index is -3.83. The Morgan fingerprint density at radius 2 is 1.81 bits per heavy atom. The quantitative estimate of drug-likeness (QED) is 0.246. The van der Waals surface area contributed by atoms with E-state index in [-0.39, 0.29) is 21.5 Å². The first-order chi connectivity index (χ1) is 15.3. The lowest BCUT2D eigenvalue weighted by Gasteiger charge is -2.07. The number of aliphatic hydroxyl groups excluding tert-OH is 1. The average Bonchev–Trinajstić information content (AvgIpc) is 3.27. The van der Waals surface area contributed by atoms with Crippen molar-refractivity contribution in [2.45, 2.75) is 11.8 Å². The number of benzene rings is 2. The Bertz CT molecular complexity index is 1220. The molecule has 0 spiro atoms. The van der Waals surface area contributed by atoms with Gasteiger partial charge >= 0.3 is 0 Å². The maximum atomic E-state index is 12.3. The molecule has 1 amide bonds. The molecule has 2 aromatic carbocycles. The number of nitrogens with one attached hydrogen (secondary N) is 2. The van der Waals surface area contributed by atoms with Crippen LogP contribution in [0.1, 0.15) is 12.5 Å². The third-order valence-electron chi connectivity index (χ3n) is 4.03. The number of sulfonamides is 1. The summed E-state index contributed by atoms with van der Waals surface area (Å²) >= 11 is 1.14. The molecule has 3 N–H and O–H groups in total. The fourth-order valence-electron chi connectivity index (χ4n) is 2.52. The average molecular weight is 474 g/mol. The summed E-state index contributed by atoms with van der Waals surface area (Å²) in [6.07, 6.45) is 2.28. The number of nitrogens with zero attached hydrogens (tertiary/aromatic N) is 1. The van der Waals surface area contributed by atoms with Gasteiger partial charge in [0, 0.05) is 28.9 Å². The van der Waals surface area contributed by atoms with Crippen LogP contribution < -0.4 is 14.8 Å². The van der Waals surface area contributed by atoms with Crippen LogP contribution >= 0.6 is 11.3 Å². The van der Waals surface area contributed by atoms with Gasteiger partial charge in [0.1, 0.15) is 11.5 Å². The topological polar surface area (TPSA) is 135 Å². The van der Waals surface area contributed by atoms with Crippen molar-refractivity contribution in [2.24, 2.45) is 0 Å². The molecular weight excluding hydrogens is 454 g/mol. The molecule has 11 heteroatoms. The Morgan fingerprint density at radius 1 is 1.12 bits per heavy atom. The van der Waals surface area contributed by atoms with Crippen molar-refractivity contribution in [2.75, 3.05) is 16.6 Å². The number of ether oxygens (including phenoxy) is 1. The number of carbonyl (C=O) groups is 2. The number of carbonyl (C=O) groups excluding carboxylic acids is 2. The normalized spacial score (nSPS) is 11.6. The van der Waals surface area contributed by atoms with Crippen LogP contribution in [0.5, 0.6) is 5.75 Å². The van der Waals surface area contributed by atoms with Gasteiger partial charge in [-0.3, -0.25) is 14.3 Å². The number of anilines is 2. The van der Waals surface area contributed by atoms with E-state index in [1.54, 1.807) is 29.6 Å². The van der Waals surface area contributed by atoms with Gasteiger partial charge in [-0.15, -0.1) is 11.3 Å². The summed E-state index contributed by atoms with van der Waals surface area (Å²) in [6.45, 7) is 2.34. The maximum absolute atomic E-state index is 12.3. The molecule has 9 nitrogen and oxygen atoms in total. The molecule has 0 aliphatic carbocycles. The van der Waals surface area contributed by atoms with Crippen LogP contribution in [0.2, 0.25) is 0 Å². The molecule has 0 saturated heterocycles. The number of aromatic nitrogens is 1. The van der Waals surface area contributed by atoms with Crippen LogP contribution in [0.15, 0.2) is 71.1 Å². The van der Waals surface area contributed by atoms with Crippen molar-refractivity contribution in [1.82, 2.24) is 4.98 Å².